The predicted molar refractivity (Wildman–Crippen MR) is 52.4 cm³/mol. The Morgan fingerprint density at radius 3 is 2.07 bits per heavy atom. The second-order valence-electron chi connectivity index (χ2n) is 2.63. The van der Waals surface area contributed by atoms with E-state index < -0.39 is 21.7 Å². The summed E-state index contributed by atoms with van der Waals surface area (Å²) < 4.78 is 4.93. The number of carboxylic acids is 2. The minimum absolute atomic E-state index is 0.0962. The molecule has 0 amide bonds. The molecule has 5 nitrogen and oxygen atoms in total. The molecule has 0 heterocycles. The molecule has 0 aliphatic carbocycles. The third-order valence-electron chi connectivity index (χ3n) is 1.42. The molecule has 0 unspecified atom stereocenters. The Bertz CT molecular complexity index is 262. The molecule has 0 saturated heterocycles. The SMILES string of the molecule is CC(=CO[SiH2]C=C(C)C(=O)O)C(=O)O. The Morgan fingerprint density at radius 2 is 1.64 bits per heavy atom. The number of rotatable bonds is 5. The Hall–Kier alpha value is -1.56. The topological polar surface area (TPSA) is 83.8 Å². The number of carboxylic acid groups (broad SMARTS) is 2. The summed E-state index contributed by atoms with van der Waals surface area (Å²) >= 11 is 0. The van der Waals surface area contributed by atoms with Crippen molar-refractivity contribution in [2.24, 2.45) is 0 Å². The molecule has 2 N–H and O–H groups in total. The van der Waals surface area contributed by atoms with E-state index in [2.05, 4.69) is 0 Å². The molecule has 0 spiro atoms. The van der Waals surface area contributed by atoms with Crippen molar-refractivity contribution < 1.29 is 24.2 Å². The minimum atomic E-state index is -1.14. The molecule has 78 valence electrons. The maximum atomic E-state index is 10.3. The predicted octanol–water partition coefficient (Wildman–Crippen LogP) is 0.0636. The summed E-state index contributed by atoms with van der Waals surface area (Å²) in [5.41, 5.74) is 1.81. The first-order valence-corrected chi connectivity index (χ1v) is 5.26. The summed E-state index contributed by atoms with van der Waals surface area (Å²) in [4.78, 5) is 20.6. The number of carbonyl (C=O) groups is 2. The maximum absolute atomic E-state index is 10.3. The molecule has 14 heavy (non-hydrogen) atoms. The summed E-state index contributed by atoms with van der Waals surface area (Å²) in [7, 11) is -1.14. The molecule has 0 aliphatic rings. The van der Waals surface area contributed by atoms with Gasteiger partial charge in [-0.2, -0.15) is 0 Å². The second kappa shape index (κ2) is 5.98. The van der Waals surface area contributed by atoms with Crippen molar-refractivity contribution in [2.45, 2.75) is 13.8 Å². The van der Waals surface area contributed by atoms with Gasteiger partial charge in [0.1, 0.15) is 0 Å². The molecule has 0 fully saturated rings. The summed E-state index contributed by atoms with van der Waals surface area (Å²) in [5, 5.41) is 16.9. The van der Waals surface area contributed by atoms with Gasteiger partial charge < -0.3 is 14.6 Å². The first kappa shape index (κ1) is 12.4. The molecule has 0 aromatic carbocycles. The number of aliphatic carboxylic acids is 2. The average molecular weight is 216 g/mol. The van der Waals surface area contributed by atoms with E-state index in [9.17, 15) is 9.59 Å². The van der Waals surface area contributed by atoms with Crippen LogP contribution in [0.1, 0.15) is 13.8 Å². The third kappa shape index (κ3) is 5.15. The summed E-state index contributed by atoms with van der Waals surface area (Å²) in [5.74, 6) is -2.03. The van der Waals surface area contributed by atoms with Crippen LogP contribution in [0.25, 0.3) is 0 Å². The van der Waals surface area contributed by atoms with Crippen molar-refractivity contribution in [3.05, 3.63) is 23.1 Å². The summed E-state index contributed by atoms with van der Waals surface area (Å²) in [6.07, 6.45) is 1.14. The molecule has 0 aromatic heterocycles. The third-order valence-corrected chi connectivity index (χ3v) is 2.56. The van der Waals surface area contributed by atoms with Gasteiger partial charge in [0.15, 0.2) is 0 Å². The lowest BCUT2D eigenvalue weighted by molar-refractivity contribution is -0.133. The molecule has 0 rings (SSSR count). The maximum Gasteiger partial charge on any atom is 0.334 e. The average Bonchev–Trinajstić information content (AvgIpc) is 2.11. The van der Waals surface area contributed by atoms with Crippen molar-refractivity contribution in [1.82, 2.24) is 0 Å². The molecule has 0 aliphatic heterocycles. The van der Waals surface area contributed by atoms with Crippen molar-refractivity contribution in [2.75, 3.05) is 0 Å². The fraction of sp³-hybridized carbons (Fsp3) is 0.250. The minimum Gasteiger partial charge on any atom is -0.550 e. The molecular formula is C8H12O5Si. The first-order valence-electron chi connectivity index (χ1n) is 3.87. The van der Waals surface area contributed by atoms with Gasteiger partial charge in [-0.3, -0.25) is 0 Å². The quantitative estimate of drug-likeness (QED) is 0.294. The van der Waals surface area contributed by atoms with E-state index in [1.807, 2.05) is 0 Å². The molecule has 0 bridgehead atoms. The van der Waals surface area contributed by atoms with E-state index in [4.69, 9.17) is 14.6 Å². The van der Waals surface area contributed by atoms with Crippen LogP contribution in [0.4, 0.5) is 0 Å². The lowest BCUT2D eigenvalue weighted by Gasteiger charge is -1.97. The van der Waals surface area contributed by atoms with Crippen LogP contribution in [0, 0.1) is 0 Å². The van der Waals surface area contributed by atoms with Crippen LogP contribution >= 0.6 is 0 Å². The lowest BCUT2D eigenvalue weighted by Crippen LogP contribution is -2.01. The normalized spacial score (nSPS) is 13.3. The van der Waals surface area contributed by atoms with Gasteiger partial charge in [-0.1, -0.05) is 5.70 Å². The number of hydrogen-bond acceptors (Lipinski definition) is 3. The van der Waals surface area contributed by atoms with Crippen LogP contribution in [0.3, 0.4) is 0 Å². The summed E-state index contributed by atoms with van der Waals surface area (Å²) in [6.45, 7) is 2.87. The van der Waals surface area contributed by atoms with Gasteiger partial charge in [0.25, 0.3) is 0 Å². The highest BCUT2D eigenvalue weighted by Crippen LogP contribution is 1.94. The van der Waals surface area contributed by atoms with E-state index in [-0.39, 0.29) is 11.1 Å². The molecule has 0 radical (unpaired) electrons. The Morgan fingerprint density at radius 1 is 1.14 bits per heavy atom. The molecule has 0 aromatic rings. The van der Waals surface area contributed by atoms with Gasteiger partial charge in [0.05, 0.1) is 11.8 Å². The second-order valence-corrected chi connectivity index (χ2v) is 3.71. The van der Waals surface area contributed by atoms with Crippen LogP contribution in [0.2, 0.25) is 0 Å². The van der Waals surface area contributed by atoms with E-state index in [0.29, 0.717) is 0 Å². The van der Waals surface area contributed by atoms with Gasteiger partial charge in [0, 0.05) is 5.57 Å². The molecule has 0 atom stereocenters. The zero-order valence-electron chi connectivity index (χ0n) is 7.98. The summed E-state index contributed by atoms with van der Waals surface area (Å²) in [6, 6.07) is 0. The van der Waals surface area contributed by atoms with E-state index in [1.54, 1.807) is 0 Å². The van der Waals surface area contributed by atoms with Crippen LogP contribution in [-0.4, -0.2) is 31.9 Å². The van der Waals surface area contributed by atoms with Gasteiger partial charge in [-0.05, 0) is 13.8 Å². The lowest BCUT2D eigenvalue weighted by atomic mass is 10.4. The monoisotopic (exact) mass is 216 g/mol. The van der Waals surface area contributed by atoms with Crippen LogP contribution in [0.15, 0.2) is 23.1 Å². The van der Waals surface area contributed by atoms with Gasteiger partial charge in [0.2, 0.25) is 9.76 Å². The van der Waals surface area contributed by atoms with Gasteiger partial charge >= 0.3 is 11.9 Å². The largest absolute Gasteiger partial charge is 0.550 e. The highest BCUT2D eigenvalue weighted by atomic mass is 28.2. The zero-order chi connectivity index (χ0) is 11.1. The Labute approximate surface area is 83.6 Å². The molecule has 6 heteroatoms. The van der Waals surface area contributed by atoms with Crippen LogP contribution < -0.4 is 0 Å². The molecule has 0 saturated carbocycles. The molecular weight excluding hydrogens is 204 g/mol. The van der Waals surface area contributed by atoms with E-state index in [1.165, 1.54) is 19.5 Å². The zero-order valence-corrected chi connectivity index (χ0v) is 9.40. The standard InChI is InChI=1S/C8H12O5Si/c1-5(7(9)10)3-13-14-4-6(2)8(11)12/h3-4H,14H2,1-2H3,(H,9,10)(H,11,12). The number of hydrogen-bond donors (Lipinski definition) is 2. The van der Waals surface area contributed by atoms with Crippen molar-refractivity contribution in [3.8, 4) is 0 Å². The van der Waals surface area contributed by atoms with Gasteiger partial charge in [-0.25, -0.2) is 9.59 Å². The van der Waals surface area contributed by atoms with Crippen molar-refractivity contribution >= 4 is 21.7 Å². The van der Waals surface area contributed by atoms with Crippen LogP contribution in [-0.2, 0) is 14.0 Å². The highest BCUT2D eigenvalue weighted by Gasteiger charge is 2.00. The highest BCUT2D eigenvalue weighted by molar-refractivity contribution is 6.35. The first-order chi connectivity index (χ1) is 6.45. The van der Waals surface area contributed by atoms with Crippen LogP contribution in [0.5, 0.6) is 0 Å². The van der Waals surface area contributed by atoms with Crippen molar-refractivity contribution in [3.63, 3.8) is 0 Å². The van der Waals surface area contributed by atoms with Gasteiger partial charge in [-0.15, -0.1) is 0 Å². The fourth-order valence-electron chi connectivity index (χ4n) is 0.484. The smallest absolute Gasteiger partial charge is 0.334 e. The van der Waals surface area contributed by atoms with Crippen molar-refractivity contribution in [1.29, 1.82) is 0 Å². The van der Waals surface area contributed by atoms with E-state index in [0.717, 1.165) is 6.26 Å². The Balaban J connectivity index is 3.98. The van der Waals surface area contributed by atoms with E-state index >= 15 is 0 Å². The Kier molecular flexibility index (Phi) is 5.31. The fourth-order valence-corrected chi connectivity index (χ4v) is 1.35.